The average Bonchev–Trinajstić information content (AvgIpc) is 2.96. The highest BCUT2D eigenvalue weighted by Gasteiger charge is 2.37. The van der Waals surface area contributed by atoms with Crippen LogP contribution in [0.4, 0.5) is 5.82 Å². The molecule has 0 unspecified atom stereocenters. The van der Waals surface area contributed by atoms with E-state index < -0.39 is 5.97 Å². The van der Waals surface area contributed by atoms with Gasteiger partial charge in [-0.15, -0.1) is 11.3 Å². The molecule has 0 aliphatic heterocycles. The highest BCUT2D eigenvalue weighted by molar-refractivity contribution is 7.18. The molecule has 1 aliphatic carbocycles. The zero-order chi connectivity index (χ0) is 15.0. The van der Waals surface area contributed by atoms with Gasteiger partial charge in [-0.1, -0.05) is 12.8 Å². The topological polar surface area (TPSA) is 75.1 Å². The van der Waals surface area contributed by atoms with Gasteiger partial charge in [0.05, 0.1) is 11.8 Å². The molecule has 0 amide bonds. The maximum absolute atomic E-state index is 11.2. The summed E-state index contributed by atoms with van der Waals surface area (Å²) in [5.74, 6) is 0.0259. The number of hydrogen-bond donors (Lipinski definition) is 2. The van der Waals surface area contributed by atoms with E-state index in [0.717, 1.165) is 41.7 Å². The lowest BCUT2D eigenvalue weighted by atomic mass is 9.93. The van der Waals surface area contributed by atoms with Crippen molar-refractivity contribution in [2.45, 2.75) is 51.5 Å². The van der Waals surface area contributed by atoms with Gasteiger partial charge in [0, 0.05) is 10.4 Å². The van der Waals surface area contributed by atoms with Gasteiger partial charge in [0.1, 0.15) is 17.0 Å². The Hall–Kier alpha value is -1.69. The Morgan fingerprint density at radius 1 is 1.38 bits per heavy atom. The van der Waals surface area contributed by atoms with Gasteiger partial charge < -0.3 is 10.4 Å². The van der Waals surface area contributed by atoms with Crippen molar-refractivity contribution in [1.82, 2.24) is 9.97 Å². The zero-order valence-electron chi connectivity index (χ0n) is 12.3. The largest absolute Gasteiger partial charge is 0.481 e. The number of carboxylic acid groups (broad SMARTS) is 1. The second-order valence-electron chi connectivity index (χ2n) is 5.87. The fraction of sp³-hybridized carbons (Fsp3) is 0.533. The number of aliphatic carboxylic acids is 1. The molecule has 112 valence electrons. The summed E-state index contributed by atoms with van der Waals surface area (Å²) in [5.41, 5.74) is 0.816. The summed E-state index contributed by atoms with van der Waals surface area (Å²) < 4.78 is 0. The Bertz CT molecular complexity index is 690. The molecule has 0 radical (unpaired) electrons. The Morgan fingerprint density at radius 2 is 2.10 bits per heavy atom. The van der Waals surface area contributed by atoms with E-state index in [0.29, 0.717) is 0 Å². The Labute approximate surface area is 127 Å². The third-order valence-electron chi connectivity index (χ3n) is 4.40. The number of aromatic nitrogens is 2. The van der Waals surface area contributed by atoms with Crippen LogP contribution in [0.3, 0.4) is 0 Å². The zero-order valence-corrected chi connectivity index (χ0v) is 13.1. The molecule has 3 rings (SSSR count). The molecule has 2 aromatic heterocycles. The minimum absolute atomic E-state index is 0.140. The van der Waals surface area contributed by atoms with Crippen molar-refractivity contribution in [3.05, 3.63) is 16.8 Å². The molecule has 2 aromatic rings. The van der Waals surface area contributed by atoms with E-state index in [4.69, 9.17) is 0 Å². The maximum Gasteiger partial charge on any atom is 0.305 e. The molecule has 5 nitrogen and oxygen atoms in total. The number of carboxylic acids is 1. The van der Waals surface area contributed by atoms with Gasteiger partial charge >= 0.3 is 5.97 Å². The molecular formula is C15H19N3O2S. The highest BCUT2D eigenvalue weighted by atomic mass is 32.1. The number of nitrogens with zero attached hydrogens (tertiary/aromatic N) is 2. The number of hydrogen-bond acceptors (Lipinski definition) is 5. The summed E-state index contributed by atoms with van der Waals surface area (Å²) >= 11 is 1.66. The molecule has 2 N–H and O–H groups in total. The number of thiophene rings is 1. The summed E-state index contributed by atoms with van der Waals surface area (Å²) in [4.78, 5) is 22.1. The van der Waals surface area contributed by atoms with Crippen LogP contribution in [0.25, 0.3) is 10.2 Å². The fourth-order valence-corrected chi connectivity index (χ4v) is 4.21. The van der Waals surface area contributed by atoms with Crippen LogP contribution in [0.1, 0.15) is 42.5 Å². The lowest BCUT2D eigenvalue weighted by molar-refractivity contribution is -0.138. The quantitative estimate of drug-likeness (QED) is 0.904. The monoisotopic (exact) mass is 305 g/mol. The normalized spacial score (nSPS) is 17.2. The molecule has 0 atom stereocenters. The average molecular weight is 305 g/mol. The van der Waals surface area contributed by atoms with Crippen LogP contribution in [0.2, 0.25) is 0 Å². The van der Waals surface area contributed by atoms with Crippen LogP contribution in [0, 0.1) is 13.8 Å². The molecule has 0 saturated heterocycles. The third-order valence-corrected chi connectivity index (χ3v) is 5.51. The van der Waals surface area contributed by atoms with Gasteiger partial charge in [-0.25, -0.2) is 9.97 Å². The molecule has 0 spiro atoms. The molecule has 2 heterocycles. The van der Waals surface area contributed by atoms with Crippen molar-refractivity contribution in [1.29, 1.82) is 0 Å². The second kappa shape index (κ2) is 5.26. The van der Waals surface area contributed by atoms with Crippen LogP contribution >= 0.6 is 11.3 Å². The van der Waals surface area contributed by atoms with Crippen LogP contribution < -0.4 is 5.32 Å². The summed E-state index contributed by atoms with van der Waals surface area (Å²) in [6.45, 7) is 4.15. The van der Waals surface area contributed by atoms with Crippen molar-refractivity contribution < 1.29 is 9.90 Å². The van der Waals surface area contributed by atoms with E-state index in [1.165, 1.54) is 10.4 Å². The van der Waals surface area contributed by atoms with E-state index in [2.05, 4.69) is 29.1 Å². The Kier molecular flexibility index (Phi) is 3.57. The van der Waals surface area contributed by atoms with Crippen LogP contribution in [-0.4, -0.2) is 26.6 Å². The Morgan fingerprint density at radius 3 is 2.76 bits per heavy atom. The first kappa shape index (κ1) is 14.3. The van der Waals surface area contributed by atoms with Crippen LogP contribution in [0.15, 0.2) is 6.33 Å². The first-order valence-corrected chi connectivity index (χ1v) is 8.03. The van der Waals surface area contributed by atoms with Crippen molar-refractivity contribution in [2.24, 2.45) is 0 Å². The predicted molar refractivity (Wildman–Crippen MR) is 84.0 cm³/mol. The summed E-state index contributed by atoms with van der Waals surface area (Å²) in [6, 6.07) is 0. The van der Waals surface area contributed by atoms with Crippen molar-refractivity contribution in [2.75, 3.05) is 5.32 Å². The number of nitrogens with one attached hydrogen (secondary N) is 1. The lowest BCUT2D eigenvalue weighted by Crippen LogP contribution is -2.38. The molecule has 6 heteroatoms. The van der Waals surface area contributed by atoms with Crippen molar-refractivity contribution >= 4 is 33.3 Å². The van der Waals surface area contributed by atoms with Crippen LogP contribution in [-0.2, 0) is 4.79 Å². The minimum Gasteiger partial charge on any atom is -0.481 e. The van der Waals surface area contributed by atoms with E-state index in [1.54, 1.807) is 17.7 Å². The van der Waals surface area contributed by atoms with Gasteiger partial charge in [0.15, 0.2) is 0 Å². The van der Waals surface area contributed by atoms with Gasteiger partial charge in [0.2, 0.25) is 0 Å². The molecule has 1 saturated carbocycles. The number of carbonyl (C=O) groups is 1. The smallest absolute Gasteiger partial charge is 0.305 e. The van der Waals surface area contributed by atoms with E-state index in [-0.39, 0.29) is 12.0 Å². The van der Waals surface area contributed by atoms with E-state index in [1.807, 2.05) is 0 Å². The number of fused-ring (bicyclic) bond motifs is 1. The van der Waals surface area contributed by atoms with Crippen LogP contribution in [0.5, 0.6) is 0 Å². The van der Waals surface area contributed by atoms with Gasteiger partial charge in [0.25, 0.3) is 0 Å². The summed E-state index contributed by atoms with van der Waals surface area (Å²) in [5, 5.41) is 13.7. The molecule has 0 aromatic carbocycles. The molecule has 1 fully saturated rings. The van der Waals surface area contributed by atoms with Gasteiger partial charge in [-0.2, -0.15) is 0 Å². The summed E-state index contributed by atoms with van der Waals surface area (Å²) in [7, 11) is 0. The molecular weight excluding hydrogens is 286 g/mol. The number of rotatable bonds is 4. The van der Waals surface area contributed by atoms with Crippen molar-refractivity contribution in [3.8, 4) is 0 Å². The predicted octanol–water partition coefficient (Wildman–Crippen LogP) is 3.51. The third kappa shape index (κ3) is 2.60. The summed E-state index contributed by atoms with van der Waals surface area (Å²) in [6.07, 6.45) is 5.59. The van der Waals surface area contributed by atoms with E-state index in [9.17, 15) is 9.90 Å². The van der Waals surface area contributed by atoms with Gasteiger partial charge in [-0.05, 0) is 32.3 Å². The van der Waals surface area contributed by atoms with Gasteiger partial charge in [-0.3, -0.25) is 4.79 Å². The molecule has 1 aliphatic rings. The second-order valence-corrected chi connectivity index (χ2v) is 7.07. The number of anilines is 1. The molecule has 0 bridgehead atoms. The first-order chi connectivity index (χ1) is 10.0. The highest BCUT2D eigenvalue weighted by Crippen LogP contribution is 2.39. The standard InChI is InChI=1S/C15H19N3O2S/c1-9-10(2)21-14-12(9)13(16-8-17-14)18-15(7-11(19)20)5-3-4-6-15/h8H,3-7H2,1-2H3,(H,19,20)(H,16,17,18). The molecule has 21 heavy (non-hydrogen) atoms. The SMILES string of the molecule is Cc1sc2ncnc(NC3(CC(=O)O)CCCC3)c2c1C. The Balaban J connectivity index is 2.02. The van der Waals surface area contributed by atoms with E-state index >= 15 is 0 Å². The maximum atomic E-state index is 11.2. The minimum atomic E-state index is -0.757. The fourth-order valence-electron chi connectivity index (χ4n) is 3.22. The van der Waals surface area contributed by atoms with Crippen molar-refractivity contribution in [3.63, 3.8) is 0 Å². The first-order valence-electron chi connectivity index (χ1n) is 7.21. The number of aryl methyl sites for hydroxylation is 2. The lowest BCUT2D eigenvalue weighted by Gasteiger charge is -2.29.